The molecule has 24 heavy (non-hydrogen) atoms. The largest absolute Gasteiger partial charge is 0.493 e. The zero-order valence-electron chi connectivity index (χ0n) is 14.3. The molecule has 6 heteroatoms. The number of hydrogen-bond donors (Lipinski definition) is 2. The predicted molar refractivity (Wildman–Crippen MR) is 89.2 cm³/mol. The van der Waals surface area contributed by atoms with Gasteiger partial charge in [0, 0.05) is 13.0 Å². The topological polar surface area (TPSA) is 84.9 Å². The third-order valence-electron chi connectivity index (χ3n) is 4.44. The van der Waals surface area contributed by atoms with Crippen LogP contribution in [0.2, 0.25) is 0 Å². The van der Waals surface area contributed by atoms with Crippen LogP contribution in [0.1, 0.15) is 44.6 Å². The molecular weight excluding hydrogens is 310 g/mol. The zero-order valence-corrected chi connectivity index (χ0v) is 14.3. The van der Waals surface area contributed by atoms with Crippen molar-refractivity contribution < 1.29 is 24.2 Å². The number of aliphatic carboxylic acids is 1. The average Bonchev–Trinajstić information content (AvgIpc) is 2.54. The lowest BCUT2D eigenvalue weighted by Gasteiger charge is -2.36. The van der Waals surface area contributed by atoms with E-state index in [-0.39, 0.29) is 12.3 Å². The molecule has 1 aromatic carbocycles. The molecule has 0 atom stereocenters. The molecule has 0 bridgehead atoms. The summed E-state index contributed by atoms with van der Waals surface area (Å²) in [5, 5.41) is 12.1. The zero-order chi connectivity index (χ0) is 17.6. The molecule has 1 fully saturated rings. The molecule has 6 nitrogen and oxygen atoms in total. The van der Waals surface area contributed by atoms with Crippen molar-refractivity contribution in [3.8, 4) is 11.5 Å². The van der Waals surface area contributed by atoms with Gasteiger partial charge in [-0.25, -0.2) is 0 Å². The summed E-state index contributed by atoms with van der Waals surface area (Å²) in [7, 11) is 1.57. The molecule has 0 radical (unpaired) electrons. The molecule has 1 aliphatic rings. The molecule has 2 N–H and O–H groups in total. The van der Waals surface area contributed by atoms with Gasteiger partial charge in [-0.05, 0) is 37.0 Å². The molecule has 1 aliphatic carbocycles. The van der Waals surface area contributed by atoms with Gasteiger partial charge in [-0.15, -0.1) is 0 Å². The van der Waals surface area contributed by atoms with Crippen molar-refractivity contribution >= 4 is 11.9 Å². The monoisotopic (exact) mass is 335 g/mol. The van der Waals surface area contributed by atoms with Gasteiger partial charge in [0.2, 0.25) is 5.91 Å². The Kier molecular flexibility index (Phi) is 6.06. The lowest BCUT2D eigenvalue weighted by molar-refractivity contribution is -0.157. The quantitative estimate of drug-likeness (QED) is 0.725. The lowest BCUT2D eigenvalue weighted by Crippen LogP contribution is -2.42. The van der Waals surface area contributed by atoms with E-state index < -0.39 is 11.4 Å². The van der Waals surface area contributed by atoms with Crippen molar-refractivity contribution in [2.75, 3.05) is 13.7 Å². The van der Waals surface area contributed by atoms with Crippen LogP contribution >= 0.6 is 0 Å². The first-order valence-electron chi connectivity index (χ1n) is 8.30. The van der Waals surface area contributed by atoms with E-state index in [1.54, 1.807) is 7.11 Å². The lowest BCUT2D eigenvalue weighted by atomic mass is 9.66. The van der Waals surface area contributed by atoms with Gasteiger partial charge in [0.1, 0.15) is 0 Å². The second-order valence-electron chi connectivity index (χ2n) is 6.23. The van der Waals surface area contributed by atoms with E-state index >= 15 is 0 Å². The maximum absolute atomic E-state index is 12.1. The van der Waals surface area contributed by atoms with Crippen LogP contribution in [-0.2, 0) is 16.1 Å². The number of hydrogen-bond acceptors (Lipinski definition) is 4. The van der Waals surface area contributed by atoms with E-state index in [9.17, 15) is 14.7 Å². The normalized spacial score (nSPS) is 15.2. The summed E-state index contributed by atoms with van der Waals surface area (Å²) in [4.78, 5) is 23.4. The Hall–Kier alpha value is -2.24. The summed E-state index contributed by atoms with van der Waals surface area (Å²) in [6.07, 6.45) is 2.97. The Morgan fingerprint density at radius 1 is 1.29 bits per heavy atom. The van der Waals surface area contributed by atoms with Crippen LogP contribution in [0.25, 0.3) is 0 Å². The van der Waals surface area contributed by atoms with Gasteiger partial charge in [0.15, 0.2) is 11.5 Å². The number of benzene rings is 1. The number of carbonyl (C=O) groups is 2. The minimum absolute atomic E-state index is 0.0389. The van der Waals surface area contributed by atoms with Crippen LogP contribution in [0.5, 0.6) is 11.5 Å². The third-order valence-corrected chi connectivity index (χ3v) is 4.44. The van der Waals surface area contributed by atoms with Crippen molar-refractivity contribution in [3.63, 3.8) is 0 Å². The number of nitrogens with one attached hydrogen (secondary N) is 1. The first-order chi connectivity index (χ1) is 11.5. The Morgan fingerprint density at radius 3 is 2.58 bits per heavy atom. The molecule has 1 amide bonds. The molecule has 2 rings (SSSR count). The number of amides is 1. The van der Waals surface area contributed by atoms with E-state index in [1.807, 2.05) is 25.1 Å². The van der Waals surface area contributed by atoms with E-state index in [0.29, 0.717) is 37.5 Å². The minimum Gasteiger partial charge on any atom is -0.493 e. The van der Waals surface area contributed by atoms with Crippen LogP contribution < -0.4 is 14.8 Å². The van der Waals surface area contributed by atoms with Gasteiger partial charge in [-0.2, -0.15) is 0 Å². The molecule has 0 aliphatic heterocycles. The molecule has 0 aromatic heterocycles. The summed E-state index contributed by atoms with van der Waals surface area (Å²) < 4.78 is 10.9. The van der Waals surface area contributed by atoms with E-state index in [2.05, 4.69) is 5.32 Å². The molecule has 0 spiro atoms. The van der Waals surface area contributed by atoms with Crippen LogP contribution in [-0.4, -0.2) is 30.7 Å². The Labute approximate surface area is 142 Å². The molecule has 0 unspecified atom stereocenters. The fraction of sp³-hybridized carbons (Fsp3) is 0.556. The van der Waals surface area contributed by atoms with Gasteiger partial charge in [0.05, 0.1) is 19.1 Å². The average molecular weight is 335 g/mol. The van der Waals surface area contributed by atoms with Gasteiger partial charge in [0.25, 0.3) is 0 Å². The number of carboxylic acids is 1. The predicted octanol–water partition coefficient (Wildman–Crippen LogP) is 2.75. The van der Waals surface area contributed by atoms with Crippen LogP contribution in [0.3, 0.4) is 0 Å². The highest BCUT2D eigenvalue weighted by Gasteiger charge is 2.45. The summed E-state index contributed by atoms with van der Waals surface area (Å²) in [6, 6.07) is 5.51. The standard InChI is InChI=1S/C18H25NO5/c1-3-9-24-14-6-5-13(10-15(14)23-2)12-19-16(20)11-18(17(21)22)7-4-8-18/h5-6,10H,3-4,7-9,11-12H2,1-2H3,(H,19,20)(H,21,22). The summed E-state index contributed by atoms with van der Waals surface area (Å²) >= 11 is 0. The smallest absolute Gasteiger partial charge is 0.310 e. The highest BCUT2D eigenvalue weighted by molar-refractivity contribution is 5.85. The number of carboxylic acid groups (broad SMARTS) is 1. The van der Waals surface area contributed by atoms with Crippen LogP contribution in [0.4, 0.5) is 0 Å². The van der Waals surface area contributed by atoms with Crippen molar-refractivity contribution in [3.05, 3.63) is 23.8 Å². The highest BCUT2D eigenvalue weighted by atomic mass is 16.5. The second-order valence-corrected chi connectivity index (χ2v) is 6.23. The number of rotatable bonds is 9. The second kappa shape index (κ2) is 8.04. The molecule has 1 saturated carbocycles. The Bertz CT molecular complexity index is 595. The molecule has 1 aromatic rings. The van der Waals surface area contributed by atoms with Crippen molar-refractivity contribution in [1.82, 2.24) is 5.32 Å². The molecule has 0 saturated heterocycles. The minimum atomic E-state index is -0.872. The van der Waals surface area contributed by atoms with E-state index in [1.165, 1.54) is 0 Å². The summed E-state index contributed by atoms with van der Waals surface area (Å²) in [5.41, 5.74) is 0.0154. The van der Waals surface area contributed by atoms with Crippen molar-refractivity contribution in [2.24, 2.45) is 5.41 Å². The van der Waals surface area contributed by atoms with E-state index in [0.717, 1.165) is 18.4 Å². The fourth-order valence-electron chi connectivity index (χ4n) is 2.79. The van der Waals surface area contributed by atoms with Crippen molar-refractivity contribution in [2.45, 2.75) is 45.6 Å². The number of ether oxygens (including phenoxy) is 2. The van der Waals surface area contributed by atoms with E-state index in [4.69, 9.17) is 9.47 Å². The third kappa shape index (κ3) is 4.19. The summed E-state index contributed by atoms with van der Waals surface area (Å²) in [5.74, 6) is 0.190. The maximum Gasteiger partial charge on any atom is 0.310 e. The summed E-state index contributed by atoms with van der Waals surface area (Å²) in [6.45, 7) is 2.98. The Balaban J connectivity index is 1.91. The molecular formula is C18H25NO5. The molecule has 132 valence electrons. The first kappa shape index (κ1) is 18.1. The first-order valence-corrected chi connectivity index (χ1v) is 8.30. The maximum atomic E-state index is 12.1. The number of methoxy groups -OCH3 is 1. The molecule has 0 heterocycles. The van der Waals surface area contributed by atoms with Crippen molar-refractivity contribution in [1.29, 1.82) is 0 Å². The SMILES string of the molecule is CCCOc1ccc(CNC(=O)CC2(C(=O)O)CCC2)cc1OC. The van der Waals surface area contributed by atoms with Gasteiger partial charge in [-0.3, -0.25) is 9.59 Å². The van der Waals surface area contributed by atoms with Gasteiger partial charge < -0.3 is 19.9 Å². The highest BCUT2D eigenvalue weighted by Crippen LogP contribution is 2.44. The fourth-order valence-corrected chi connectivity index (χ4v) is 2.79. The Morgan fingerprint density at radius 2 is 2.04 bits per heavy atom. The van der Waals surface area contributed by atoms with Gasteiger partial charge >= 0.3 is 5.97 Å². The van der Waals surface area contributed by atoms with Crippen LogP contribution in [0, 0.1) is 5.41 Å². The van der Waals surface area contributed by atoms with Crippen LogP contribution in [0.15, 0.2) is 18.2 Å². The number of carbonyl (C=O) groups excluding carboxylic acids is 1. The van der Waals surface area contributed by atoms with Gasteiger partial charge in [-0.1, -0.05) is 19.4 Å².